The number of likely N-dealkylation sites (tertiary alicyclic amines) is 1. The Bertz CT molecular complexity index is 1900. The average Bonchev–Trinajstić information content (AvgIpc) is 3.64. The first-order valence-electron chi connectivity index (χ1n) is 15.7. The lowest BCUT2D eigenvalue weighted by Gasteiger charge is -2.31. The molecule has 47 heavy (non-hydrogen) atoms. The quantitative estimate of drug-likeness (QED) is 0.175. The highest BCUT2D eigenvalue weighted by Crippen LogP contribution is 2.50. The average molecular weight is 631 g/mol. The second-order valence-electron chi connectivity index (χ2n) is 12.1. The summed E-state index contributed by atoms with van der Waals surface area (Å²) in [5.74, 6) is -1.89. The molecule has 3 aliphatic rings. The van der Waals surface area contributed by atoms with E-state index in [1.54, 1.807) is 12.3 Å². The molecule has 0 saturated carbocycles. The Hall–Kier alpha value is -5.28. The second kappa shape index (κ2) is 12.8. The number of aromatic nitrogens is 1. The fourth-order valence-electron chi connectivity index (χ4n) is 7.30. The summed E-state index contributed by atoms with van der Waals surface area (Å²) in [6.45, 7) is 0.496. The number of pyridine rings is 1. The van der Waals surface area contributed by atoms with E-state index in [4.69, 9.17) is 14.2 Å². The molecule has 0 unspecified atom stereocenters. The van der Waals surface area contributed by atoms with Crippen LogP contribution in [0.4, 0.5) is 4.79 Å². The van der Waals surface area contributed by atoms with E-state index in [0.717, 1.165) is 45.9 Å². The van der Waals surface area contributed by atoms with Crippen molar-refractivity contribution in [1.29, 1.82) is 0 Å². The van der Waals surface area contributed by atoms with Gasteiger partial charge in [-0.2, -0.15) is 4.90 Å². The SMILES string of the molecule is COC(=O)N1C(=O)[C@@H]2[C@@H](CC(COc3ccccc3)=C3[C@@H](CC/C(=C/c4ccc(O)c5ccccc45)c4ccccn4)OC[C@@H]32)C1=O. The number of hydrogen-bond acceptors (Lipinski definition) is 8. The van der Waals surface area contributed by atoms with E-state index in [1.165, 1.54) is 0 Å². The first kappa shape index (κ1) is 30.4. The molecule has 3 amide bonds. The van der Waals surface area contributed by atoms with Gasteiger partial charge in [-0.3, -0.25) is 14.6 Å². The molecule has 1 aromatic heterocycles. The van der Waals surface area contributed by atoms with Crippen LogP contribution in [0.25, 0.3) is 22.4 Å². The zero-order valence-corrected chi connectivity index (χ0v) is 25.9. The molecule has 4 atom stereocenters. The first-order valence-corrected chi connectivity index (χ1v) is 15.7. The summed E-state index contributed by atoms with van der Waals surface area (Å²) < 4.78 is 17.4. The number of para-hydroxylation sites is 1. The Morgan fingerprint density at radius 2 is 1.72 bits per heavy atom. The number of phenols is 1. The van der Waals surface area contributed by atoms with Crippen molar-refractivity contribution in [3.8, 4) is 11.5 Å². The van der Waals surface area contributed by atoms with Crippen LogP contribution in [-0.4, -0.2) is 59.3 Å². The Morgan fingerprint density at radius 1 is 0.957 bits per heavy atom. The second-order valence-corrected chi connectivity index (χ2v) is 12.1. The van der Waals surface area contributed by atoms with Gasteiger partial charge in [0, 0.05) is 17.5 Å². The Kier molecular flexibility index (Phi) is 8.30. The standard InChI is InChI=1S/C38H34N2O7/c1-45-38(44)40-36(42)29-20-25(21-46-26-9-3-2-4-10-26)34-30(35(29)37(40)43)22-47-33(34)17-15-24(31-13-7-8-18-39-31)19-23-14-16-32(41)28-12-6-5-11-27(23)28/h2-14,16,18-19,29-30,33,35,41H,15,17,20-22H2,1H3/b24-19-/t29-,30+,33-,35-/m1/s1. The van der Waals surface area contributed by atoms with Gasteiger partial charge in [0.2, 0.25) is 11.8 Å². The third-order valence-electron chi connectivity index (χ3n) is 9.46. The summed E-state index contributed by atoms with van der Waals surface area (Å²) in [5, 5.41) is 12.2. The molecule has 3 heterocycles. The van der Waals surface area contributed by atoms with Gasteiger partial charge in [0.15, 0.2) is 0 Å². The number of methoxy groups -OCH3 is 1. The summed E-state index contributed by atoms with van der Waals surface area (Å²) in [6, 6.07) is 26.6. The molecule has 1 N–H and O–H groups in total. The molecule has 7 rings (SSSR count). The molecule has 4 aromatic rings. The minimum Gasteiger partial charge on any atom is -0.507 e. The van der Waals surface area contributed by atoms with Crippen LogP contribution in [0.1, 0.15) is 30.5 Å². The van der Waals surface area contributed by atoms with Gasteiger partial charge in [-0.15, -0.1) is 0 Å². The predicted molar refractivity (Wildman–Crippen MR) is 175 cm³/mol. The molecule has 238 valence electrons. The molecule has 0 radical (unpaired) electrons. The third-order valence-corrected chi connectivity index (χ3v) is 9.46. The molecule has 2 aliphatic heterocycles. The number of carbonyl (C=O) groups is 3. The van der Waals surface area contributed by atoms with Crippen LogP contribution in [-0.2, 0) is 19.1 Å². The molecule has 2 saturated heterocycles. The van der Waals surface area contributed by atoms with Crippen molar-refractivity contribution in [3.63, 3.8) is 0 Å². The Balaban J connectivity index is 1.22. The number of amides is 3. The van der Waals surface area contributed by atoms with Crippen molar-refractivity contribution < 1.29 is 33.7 Å². The number of benzene rings is 3. The Morgan fingerprint density at radius 3 is 2.49 bits per heavy atom. The number of allylic oxidation sites excluding steroid dienone is 1. The third kappa shape index (κ3) is 5.67. The van der Waals surface area contributed by atoms with Gasteiger partial charge in [0.05, 0.1) is 37.4 Å². The lowest BCUT2D eigenvalue weighted by molar-refractivity contribution is -0.137. The normalized spacial score (nSPS) is 22.4. The maximum absolute atomic E-state index is 13.5. The number of aromatic hydroxyl groups is 1. The van der Waals surface area contributed by atoms with Gasteiger partial charge in [-0.05, 0) is 83.3 Å². The van der Waals surface area contributed by atoms with Crippen LogP contribution < -0.4 is 4.74 Å². The van der Waals surface area contributed by atoms with Crippen LogP contribution in [0, 0.1) is 17.8 Å². The lowest BCUT2D eigenvalue weighted by Crippen LogP contribution is -2.38. The van der Waals surface area contributed by atoms with Crippen LogP contribution in [0.2, 0.25) is 0 Å². The zero-order chi connectivity index (χ0) is 32.5. The monoisotopic (exact) mass is 630 g/mol. The lowest BCUT2D eigenvalue weighted by atomic mass is 9.69. The van der Waals surface area contributed by atoms with Crippen molar-refractivity contribution in [2.24, 2.45) is 17.8 Å². The number of fused-ring (bicyclic) bond motifs is 4. The molecular formula is C38H34N2O7. The van der Waals surface area contributed by atoms with E-state index in [-0.39, 0.29) is 31.0 Å². The van der Waals surface area contributed by atoms with Crippen LogP contribution in [0.15, 0.2) is 102 Å². The number of carbonyl (C=O) groups excluding carboxylic acids is 3. The molecule has 1 aliphatic carbocycles. The molecule has 0 spiro atoms. The van der Waals surface area contributed by atoms with Gasteiger partial charge in [-0.25, -0.2) is 4.79 Å². The minimum absolute atomic E-state index is 0.223. The fourth-order valence-corrected chi connectivity index (χ4v) is 7.30. The summed E-state index contributed by atoms with van der Waals surface area (Å²) in [7, 11) is 1.16. The van der Waals surface area contributed by atoms with Crippen LogP contribution in [0.5, 0.6) is 11.5 Å². The van der Waals surface area contributed by atoms with E-state index in [2.05, 4.69) is 11.1 Å². The molecule has 0 bridgehead atoms. The van der Waals surface area contributed by atoms with E-state index < -0.39 is 29.7 Å². The van der Waals surface area contributed by atoms with Crippen molar-refractivity contribution in [2.45, 2.75) is 25.4 Å². The summed E-state index contributed by atoms with van der Waals surface area (Å²) in [5.41, 5.74) is 4.68. The number of imide groups is 3. The van der Waals surface area contributed by atoms with Gasteiger partial charge in [0.25, 0.3) is 0 Å². The number of rotatable bonds is 8. The highest BCUT2D eigenvalue weighted by atomic mass is 16.5. The van der Waals surface area contributed by atoms with Crippen LogP contribution >= 0.6 is 0 Å². The maximum atomic E-state index is 13.5. The smallest absolute Gasteiger partial charge is 0.423 e. The minimum atomic E-state index is -0.958. The summed E-state index contributed by atoms with van der Waals surface area (Å²) in [4.78, 5) is 44.7. The van der Waals surface area contributed by atoms with E-state index in [0.29, 0.717) is 29.9 Å². The first-order chi connectivity index (χ1) is 22.9. The largest absolute Gasteiger partial charge is 0.507 e. The van der Waals surface area contributed by atoms with Crippen molar-refractivity contribution in [1.82, 2.24) is 9.88 Å². The maximum Gasteiger partial charge on any atom is 0.423 e. The van der Waals surface area contributed by atoms with E-state index >= 15 is 0 Å². The van der Waals surface area contributed by atoms with Gasteiger partial charge >= 0.3 is 6.09 Å². The van der Waals surface area contributed by atoms with Gasteiger partial charge in [-0.1, -0.05) is 54.6 Å². The molecular weight excluding hydrogens is 596 g/mol. The number of nitrogens with zero attached hydrogens (tertiary/aromatic N) is 2. The molecule has 9 nitrogen and oxygen atoms in total. The summed E-state index contributed by atoms with van der Waals surface area (Å²) >= 11 is 0. The topological polar surface area (TPSA) is 115 Å². The predicted octanol–water partition coefficient (Wildman–Crippen LogP) is 6.42. The number of phenolic OH excluding ortho intramolecular Hbond substituents is 1. The number of hydrogen-bond donors (Lipinski definition) is 1. The molecule has 2 fully saturated rings. The van der Waals surface area contributed by atoms with Gasteiger partial charge in [0.1, 0.15) is 18.1 Å². The Labute approximate surface area is 272 Å². The van der Waals surface area contributed by atoms with Gasteiger partial charge < -0.3 is 19.3 Å². The van der Waals surface area contributed by atoms with Crippen molar-refractivity contribution in [3.05, 3.63) is 114 Å². The van der Waals surface area contributed by atoms with Crippen molar-refractivity contribution in [2.75, 3.05) is 20.3 Å². The fraction of sp³-hybridized carbons (Fsp3) is 0.263. The summed E-state index contributed by atoms with van der Waals surface area (Å²) in [6.07, 6.45) is 4.08. The molecule has 3 aromatic carbocycles. The highest BCUT2D eigenvalue weighted by Gasteiger charge is 2.59. The molecule has 9 heteroatoms. The van der Waals surface area contributed by atoms with E-state index in [1.807, 2.05) is 78.9 Å². The zero-order valence-electron chi connectivity index (χ0n) is 25.9. The number of ether oxygens (including phenoxy) is 3. The van der Waals surface area contributed by atoms with E-state index in [9.17, 15) is 19.5 Å². The van der Waals surface area contributed by atoms with Crippen molar-refractivity contribution >= 4 is 40.3 Å². The van der Waals surface area contributed by atoms with Crippen LogP contribution in [0.3, 0.4) is 0 Å². The highest BCUT2D eigenvalue weighted by molar-refractivity contribution is 6.16.